The van der Waals surface area contributed by atoms with Crippen molar-refractivity contribution in [1.29, 1.82) is 0 Å². The number of carbonyl (C=O) groups is 1. The SMILES string of the molecule is CCOc1cccc(-c2c(C(=O)O)nnn2-c2nonc2N)c1. The molecular weight excluding hydrogens is 304 g/mol. The summed E-state index contributed by atoms with van der Waals surface area (Å²) in [6, 6.07) is 6.87. The molecule has 23 heavy (non-hydrogen) atoms. The van der Waals surface area contributed by atoms with Crippen molar-refractivity contribution < 1.29 is 19.3 Å². The van der Waals surface area contributed by atoms with E-state index >= 15 is 0 Å². The number of aromatic nitrogens is 5. The van der Waals surface area contributed by atoms with Gasteiger partial charge in [-0.15, -0.1) is 5.10 Å². The van der Waals surface area contributed by atoms with E-state index in [9.17, 15) is 9.90 Å². The molecule has 0 amide bonds. The summed E-state index contributed by atoms with van der Waals surface area (Å²) in [7, 11) is 0. The molecule has 2 heterocycles. The van der Waals surface area contributed by atoms with Gasteiger partial charge in [0.15, 0.2) is 5.69 Å². The van der Waals surface area contributed by atoms with Gasteiger partial charge in [0.1, 0.15) is 11.4 Å². The molecule has 0 saturated carbocycles. The Kier molecular flexibility index (Phi) is 3.63. The van der Waals surface area contributed by atoms with Crippen LogP contribution in [0, 0.1) is 0 Å². The minimum absolute atomic E-state index is 0.0333. The van der Waals surface area contributed by atoms with Crippen molar-refractivity contribution in [3.8, 4) is 22.8 Å². The summed E-state index contributed by atoms with van der Waals surface area (Å²) in [5.41, 5.74) is 6.13. The largest absolute Gasteiger partial charge is 0.494 e. The van der Waals surface area contributed by atoms with Gasteiger partial charge in [0.05, 0.1) is 6.61 Å². The molecule has 0 atom stereocenters. The molecular formula is C13H12N6O4. The number of carboxylic acids is 1. The second-order valence-electron chi connectivity index (χ2n) is 4.44. The van der Waals surface area contributed by atoms with E-state index in [0.717, 1.165) is 0 Å². The van der Waals surface area contributed by atoms with Crippen molar-refractivity contribution in [2.75, 3.05) is 12.3 Å². The zero-order valence-corrected chi connectivity index (χ0v) is 12.0. The van der Waals surface area contributed by atoms with Gasteiger partial charge in [0.2, 0.25) is 11.6 Å². The normalized spacial score (nSPS) is 10.7. The number of hydrogen-bond donors (Lipinski definition) is 2. The Balaban J connectivity index is 2.21. The van der Waals surface area contributed by atoms with Crippen LogP contribution >= 0.6 is 0 Å². The first-order chi connectivity index (χ1) is 11.1. The van der Waals surface area contributed by atoms with Crippen LogP contribution in [0.4, 0.5) is 5.82 Å². The monoisotopic (exact) mass is 316 g/mol. The van der Waals surface area contributed by atoms with Crippen LogP contribution in [0.25, 0.3) is 17.1 Å². The molecule has 0 spiro atoms. The Bertz CT molecular complexity index is 856. The van der Waals surface area contributed by atoms with Gasteiger partial charge in [0, 0.05) is 5.56 Å². The van der Waals surface area contributed by atoms with E-state index < -0.39 is 5.97 Å². The molecule has 2 aromatic heterocycles. The molecule has 1 aromatic carbocycles. The maximum absolute atomic E-state index is 11.4. The predicted octanol–water partition coefficient (Wildman–Crippen LogP) is 0.996. The number of hydrogen-bond acceptors (Lipinski definition) is 8. The molecule has 0 bridgehead atoms. The lowest BCUT2D eigenvalue weighted by atomic mass is 10.1. The topological polar surface area (TPSA) is 142 Å². The Morgan fingerprint density at radius 1 is 1.43 bits per heavy atom. The summed E-state index contributed by atoms with van der Waals surface area (Å²) < 4.78 is 11.1. The van der Waals surface area contributed by atoms with E-state index in [1.54, 1.807) is 24.3 Å². The van der Waals surface area contributed by atoms with Crippen LogP contribution in [-0.2, 0) is 0 Å². The number of ether oxygens (including phenoxy) is 1. The summed E-state index contributed by atoms with van der Waals surface area (Å²) in [6.45, 7) is 2.33. The first kappa shape index (κ1) is 14.5. The van der Waals surface area contributed by atoms with Gasteiger partial charge >= 0.3 is 5.97 Å². The van der Waals surface area contributed by atoms with E-state index in [0.29, 0.717) is 17.9 Å². The number of rotatable bonds is 5. The number of nitrogens with two attached hydrogens (primary N) is 1. The molecule has 10 heteroatoms. The van der Waals surface area contributed by atoms with Crippen molar-refractivity contribution in [2.45, 2.75) is 6.92 Å². The standard InChI is InChI=1S/C13H12N6O4/c1-2-22-8-5-3-4-7(6-8)10-9(13(20)21)15-18-19(10)12-11(14)16-23-17-12/h3-6H,2H2,1H3,(H2,14,16)(H,20,21). The highest BCUT2D eigenvalue weighted by Gasteiger charge is 2.25. The van der Waals surface area contributed by atoms with E-state index in [1.165, 1.54) is 4.68 Å². The van der Waals surface area contributed by atoms with Crippen molar-refractivity contribution in [3.05, 3.63) is 30.0 Å². The van der Waals surface area contributed by atoms with Gasteiger partial charge in [-0.05, 0) is 29.4 Å². The van der Waals surface area contributed by atoms with Crippen molar-refractivity contribution in [3.63, 3.8) is 0 Å². The second kappa shape index (κ2) is 5.75. The third-order valence-electron chi connectivity index (χ3n) is 2.99. The first-order valence-corrected chi connectivity index (χ1v) is 6.62. The van der Waals surface area contributed by atoms with Gasteiger partial charge in [-0.3, -0.25) is 0 Å². The van der Waals surface area contributed by atoms with Gasteiger partial charge in [0.25, 0.3) is 0 Å². The van der Waals surface area contributed by atoms with Crippen molar-refractivity contribution in [1.82, 2.24) is 25.3 Å². The van der Waals surface area contributed by atoms with Gasteiger partial charge in [-0.2, -0.15) is 4.68 Å². The molecule has 3 N–H and O–H groups in total. The summed E-state index contributed by atoms with van der Waals surface area (Å²) in [5, 5.41) is 23.9. The Labute approximate surface area is 129 Å². The van der Waals surface area contributed by atoms with Crippen LogP contribution < -0.4 is 10.5 Å². The summed E-state index contributed by atoms with van der Waals surface area (Å²) in [4.78, 5) is 11.4. The summed E-state index contributed by atoms with van der Waals surface area (Å²) in [6.07, 6.45) is 0. The lowest BCUT2D eigenvalue weighted by molar-refractivity contribution is 0.0691. The summed E-state index contributed by atoms with van der Waals surface area (Å²) >= 11 is 0. The first-order valence-electron chi connectivity index (χ1n) is 6.62. The number of aromatic carboxylic acids is 1. The molecule has 3 rings (SSSR count). The number of benzene rings is 1. The minimum Gasteiger partial charge on any atom is -0.494 e. The van der Waals surface area contributed by atoms with Crippen LogP contribution in [0.1, 0.15) is 17.4 Å². The van der Waals surface area contributed by atoms with Crippen LogP contribution in [0.3, 0.4) is 0 Å². The molecule has 10 nitrogen and oxygen atoms in total. The fourth-order valence-electron chi connectivity index (χ4n) is 2.07. The molecule has 0 aliphatic rings. The van der Waals surface area contributed by atoms with Crippen LogP contribution in [0.15, 0.2) is 28.9 Å². The zero-order chi connectivity index (χ0) is 16.4. The van der Waals surface area contributed by atoms with Crippen LogP contribution in [-0.4, -0.2) is 43.0 Å². The van der Waals surface area contributed by atoms with Crippen LogP contribution in [0.5, 0.6) is 5.75 Å². The Hall–Kier alpha value is -3.43. The third-order valence-corrected chi connectivity index (χ3v) is 2.99. The maximum atomic E-state index is 11.4. The fraction of sp³-hybridized carbons (Fsp3) is 0.154. The zero-order valence-electron chi connectivity index (χ0n) is 12.0. The number of carboxylic acid groups (broad SMARTS) is 1. The van der Waals surface area contributed by atoms with E-state index in [4.69, 9.17) is 10.5 Å². The van der Waals surface area contributed by atoms with Crippen molar-refractivity contribution >= 4 is 11.8 Å². The van der Waals surface area contributed by atoms with Gasteiger partial charge < -0.3 is 15.6 Å². The number of nitrogens with zero attached hydrogens (tertiary/aromatic N) is 5. The highest BCUT2D eigenvalue weighted by molar-refractivity contribution is 5.93. The number of anilines is 1. The molecule has 0 aliphatic carbocycles. The van der Waals surface area contributed by atoms with E-state index in [1.807, 2.05) is 6.92 Å². The highest BCUT2D eigenvalue weighted by Crippen LogP contribution is 2.28. The molecule has 3 aromatic rings. The summed E-state index contributed by atoms with van der Waals surface area (Å²) in [5.74, 6) is -0.626. The average Bonchev–Trinajstić information content (AvgIpc) is 3.13. The minimum atomic E-state index is -1.23. The van der Waals surface area contributed by atoms with Gasteiger partial charge in [-0.1, -0.05) is 17.3 Å². The second-order valence-corrected chi connectivity index (χ2v) is 4.44. The fourth-order valence-corrected chi connectivity index (χ4v) is 2.07. The average molecular weight is 316 g/mol. The Morgan fingerprint density at radius 3 is 2.91 bits per heavy atom. The lowest BCUT2D eigenvalue weighted by Gasteiger charge is -2.07. The maximum Gasteiger partial charge on any atom is 0.358 e. The van der Waals surface area contributed by atoms with Crippen molar-refractivity contribution in [2.24, 2.45) is 0 Å². The highest BCUT2D eigenvalue weighted by atomic mass is 16.6. The lowest BCUT2D eigenvalue weighted by Crippen LogP contribution is -2.05. The van der Waals surface area contributed by atoms with Crippen LogP contribution in [0.2, 0.25) is 0 Å². The van der Waals surface area contributed by atoms with E-state index in [2.05, 4.69) is 25.3 Å². The number of nitrogen functional groups attached to an aromatic ring is 1. The van der Waals surface area contributed by atoms with Gasteiger partial charge in [-0.25, -0.2) is 9.42 Å². The van der Waals surface area contributed by atoms with E-state index in [-0.39, 0.29) is 23.0 Å². The Morgan fingerprint density at radius 2 is 2.26 bits per heavy atom. The smallest absolute Gasteiger partial charge is 0.358 e. The third kappa shape index (κ3) is 2.57. The quantitative estimate of drug-likeness (QED) is 0.704. The molecule has 0 fully saturated rings. The molecule has 0 unspecified atom stereocenters. The molecule has 0 aliphatic heterocycles. The molecule has 0 radical (unpaired) electrons. The predicted molar refractivity (Wildman–Crippen MR) is 77.2 cm³/mol. The molecule has 0 saturated heterocycles. The molecule has 118 valence electrons.